The number of aromatic hydroxyl groups is 1. The smallest absolute Gasteiger partial charge is 0.129 e. The fourth-order valence-corrected chi connectivity index (χ4v) is 4.33. The average Bonchev–Trinajstić information content (AvgIpc) is 2.63. The second kappa shape index (κ2) is 7.85. The SMILES string of the molecule is N#CC1=C(N)NC(Sc2ccccc2O)=C(C#N)C1c1c(Cl)cccc1Cl. The Balaban J connectivity index is 2.20. The number of nitriles is 2. The lowest BCUT2D eigenvalue weighted by Crippen LogP contribution is -2.29. The summed E-state index contributed by atoms with van der Waals surface area (Å²) >= 11 is 13.8. The standard InChI is InChI=1S/C19H12Cl2N4OS/c20-12-4-3-5-13(21)17(12)16-10(8-22)18(24)25-19(11(16)9-23)27-15-7-2-1-6-14(15)26/h1-7,16,25-26H,24H2. The largest absolute Gasteiger partial charge is 0.507 e. The van der Waals surface area contributed by atoms with E-state index in [1.807, 2.05) is 6.07 Å². The van der Waals surface area contributed by atoms with E-state index in [-0.39, 0.29) is 22.7 Å². The summed E-state index contributed by atoms with van der Waals surface area (Å²) in [5, 5.41) is 33.4. The van der Waals surface area contributed by atoms with Crippen molar-refractivity contribution in [3.05, 3.63) is 80.1 Å². The predicted molar refractivity (Wildman–Crippen MR) is 106 cm³/mol. The third-order valence-electron chi connectivity index (χ3n) is 3.97. The molecule has 1 atom stereocenters. The molecule has 2 aromatic carbocycles. The Morgan fingerprint density at radius 3 is 2.22 bits per heavy atom. The Morgan fingerprint density at radius 1 is 1.00 bits per heavy atom. The molecule has 0 bridgehead atoms. The van der Waals surface area contributed by atoms with Crippen LogP contribution < -0.4 is 11.1 Å². The van der Waals surface area contributed by atoms with Crippen LogP contribution in [-0.2, 0) is 0 Å². The van der Waals surface area contributed by atoms with Gasteiger partial charge in [-0.05, 0) is 24.3 Å². The van der Waals surface area contributed by atoms with Crippen LogP contribution in [0, 0.1) is 22.7 Å². The highest BCUT2D eigenvalue weighted by Crippen LogP contribution is 2.46. The number of phenolic OH excluding ortho intramolecular Hbond substituents is 1. The lowest BCUT2D eigenvalue weighted by atomic mass is 9.84. The molecule has 1 heterocycles. The van der Waals surface area contributed by atoms with Gasteiger partial charge in [-0.25, -0.2) is 0 Å². The number of halogens is 2. The summed E-state index contributed by atoms with van der Waals surface area (Å²) in [6, 6.07) is 15.9. The molecule has 0 saturated heterocycles. The molecule has 1 aliphatic rings. The van der Waals surface area contributed by atoms with Gasteiger partial charge in [0, 0.05) is 15.6 Å². The molecular weight excluding hydrogens is 403 g/mol. The zero-order valence-electron chi connectivity index (χ0n) is 13.7. The molecule has 0 saturated carbocycles. The minimum atomic E-state index is -0.809. The molecule has 0 aliphatic carbocycles. The zero-order chi connectivity index (χ0) is 19.6. The van der Waals surface area contributed by atoms with E-state index in [0.717, 1.165) is 11.8 Å². The number of para-hydroxylation sites is 1. The van der Waals surface area contributed by atoms with Crippen molar-refractivity contribution in [1.82, 2.24) is 5.32 Å². The summed E-state index contributed by atoms with van der Waals surface area (Å²) < 4.78 is 0. The third kappa shape index (κ3) is 3.56. The number of nitrogens with zero attached hydrogens (tertiary/aromatic N) is 2. The molecule has 0 spiro atoms. The lowest BCUT2D eigenvalue weighted by molar-refractivity contribution is 0.462. The topological polar surface area (TPSA) is 106 Å². The first-order valence-corrected chi connectivity index (χ1v) is 9.26. The molecule has 0 radical (unpaired) electrons. The number of hydrogen-bond donors (Lipinski definition) is 3. The molecule has 0 amide bonds. The predicted octanol–water partition coefficient (Wildman–Crippen LogP) is 4.61. The summed E-state index contributed by atoms with van der Waals surface area (Å²) in [4.78, 5) is 0.532. The van der Waals surface area contributed by atoms with Crippen LogP contribution in [0.3, 0.4) is 0 Å². The second-order valence-electron chi connectivity index (χ2n) is 5.56. The molecule has 0 aromatic heterocycles. The van der Waals surface area contributed by atoms with Crippen molar-refractivity contribution >= 4 is 35.0 Å². The molecular formula is C19H12Cl2N4OS. The Hall–Kier alpha value is -2.77. The quantitative estimate of drug-likeness (QED) is 0.676. The highest BCUT2D eigenvalue weighted by Gasteiger charge is 2.34. The molecule has 27 heavy (non-hydrogen) atoms. The third-order valence-corrected chi connectivity index (χ3v) is 5.72. The molecule has 1 unspecified atom stereocenters. The van der Waals surface area contributed by atoms with Crippen LogP contribution in [-0.4, -0.2) is 5.11 Å². The fraction of sp³-hybridized carbons (Fsp3) is 0.0526. The van der Waals surface area contributed by atoms with Crippen LogP contribution in [0.2, 0.25) is 10.0 Å². The van der Waals surface area contributed by atoms with Gasteiger partial charge in [0.05, 0.1) is 39.1 Å². The average molecular weight is 415 g/mol. The van der Waals surface area contributed by atoms with Crippen molar-refractivity contribution < 1.29 is 5.11 Å². The summed E-state index contributed by atoms with van der Waals surface area (Å²) in [5.41, 5.74) is 6.89. The van der Waals surface area contributed by atoms with E-state index in [1.54, 1.807) is 42.5 Å². The van der Waals surface area contributed by atoms with E-state index < -0.39 is 5.92 Å². The summed E-state index contributed by atoms with van der Waals surface area (Å²) in [7, 11) is 0. The first-order valence-electron chi connectivity index (χ1n) is 7.68. The minimum Gasteiger partial charge on any atom is -0.507 e. The number of benzene rings is 2. The Labute approximate surface area is 170 Å². The number of rotatable bonds is 3. The molecule has 4 N–H and O–H groups in total. The van der Waals surface area contributed by atoms with Crippen molar-refractivity contribution in [2.24, 2.45) is 5.73 Å². The second-order valence-corrected chi connectivity index (χ2v) is 7.42. The first kappa shape index (κ1) is 19.0. The van der Waals surface area contributed by atoms with Crippen LogP contribution in [0.25, 0.3) is 0 Å². The monoisotopic (exact) mass is 414 g/mol. The van der Waals surface area contributed by atoms with Gasteiger partial charge in [0.2, 0.25) is 0 Å². The van der Waals surface area contributed by atoms with Gasteiger partial charge in [0.25, 0.3) is 0 Å². The molecule has 2 aromatic rings. The van der Waals surface area contributed by atoms with E-state index in [9.17, 15) is 15.6 Å². The van der Waals surface area contributed by atoms with Crippen molar-refractivity contribution in [2.45, 2.75) is 10.8 Å². The van der Waals surface area contributed by atoms with E-state index in [2.05, 4.69) is 11.4 Å². The van der Waals surface area contributed by atoms with Gasteiger partial charge in [0.1, 0.15) is 11.6 Å². The van der Waals surface area contributed by atoms with Crippen LogP contribution >= 0.6 is 35.0 Å². The maximum absolute atomic E-state index is 10.0. The Bertz CT molecular complexity index is 1050. The molecule has 3 rings (SSSR count). The fourth-order valence-electron chi connectivity index (χ4n) is 2.74. The Kier molecular flexibility index (Phi) is 5.53. The van der Waals surface area contributed by atoms with Crippen molar-refractivity contribution in [2.75, 3.05) is 0 Å². The molecule has 134 valence electrons. The van der Waals surface area contributed by atoms with Gasteiger partial charge >= 0.3 is 0 Å². The van der Waals surface area contributed by atoms with Crippen LogP contribution in [0.5, 0.6) is 5.75 Å². The number of nitrogens with two attached hydrogens (primary N) is 1. The summed E-state index contributed by atoms with van der Waals surface area (Å²) in [5.74, 6) is -0.638. The molecule has 5 nitrogen and oxygen atoms in total. The summed E-state index contributed by atoms with van der Waals surface area (Å²) in [6.07, 6.45) is 0. The van der Waals surface area contributed by atoms with Gasteiger partial charge in [0.15, 0.2) is 0 Å². The van der Waals surface area contributed by atoms with Gasteiger partial charge in [-0.1, -0.05) is 53.2 Å². The highest BCUT2D eigenvalue weighted by atomic mass is 35.5. The van der Waals surface area contributed by atoms with Crippen molar-refractivity contribution in [3.8, 4) is 17.9 Å². The zero-order valence-corrected chi connectivity index (χ0v) is 16.0. The number of thioether (sulfide) groups is 1. The van der Waals surface area contributed by atoms with Gasteiger partial charge < -0.3 is 16.2 Å². The number of allylic oxidation sites excluding steroid dienone is 2. The molecule has 0 fully saturated rings. The van der Waals surface area contributed by atoms with Crippen molar-refractivity contribution in [1.29, 1.82) is 10.5 Å². The maximum Gasteiger partial charge on any atom is 0.129 e. The normalized spacial score (nSPS) is 16.5. The number of phenols is 1. The van der Waals surface area contributed by atoms with E-state index >= 15 is 0 Å². The van der Waals surface area contributed by atoms with Crippen molar-refractivity contribution in [3.63, 3.8) is 0 Å². The van der Waals surface area contributed by atoms with E-state index in [4.69, 9.17) is 28.9 Å². The first-order chi connectivity index (χ1) is 13.0. The summed E-state index contributed by atoms with van der Waals surface area (Å²) in [6.45, 7) is 0. The maximum atomic E-state index is 10.0. The minimum absolute atomic E-state index is 0.0649. The number of hydrogen-bond acceptors (Lipinski definition) is 6. The van der Waals surface area contributed by atoms with Gasteiger partial charge in [-0.2, -0.15) is 10.5 Å². The molecule has 8 heteroatoms. The van der Waals surface area contributed by atoms with Crippen LogP contribution in [0.1, 0.15) is 11.5 Å². The number of dihydropyridines is 1. The van der Waals surface area contributed by atoms with Crippen LogP contribution in [0.4, 0.5) is 0 Å². The van der Waals surface area contributed by atoms with Gasteiger partial charge in [-0.15, -0.1) is 0 Å². The van der Waals surface area contributed by atoms with E-state index in [0.29, 0.717) is 25.5 Å². The van der Waals surface area contributed by atoms with Crippen LogP contribution in [0.15, 0.2) is 69.4 Å². The van der Waals surface area contributed by atoms with Gasteiger partial charge in [-0.3, -0.25) is 0 Å². The highest BCUT2D eigenvalue weighted by molar-refractivity contribution is 8.03. The van der Waals surface area contributed by atoms with E-state index in [1.165, 1.54) is 0 Å². The number of nitrogens with one attached hydrogen (secondary N) is 1. The lowest BCUT2D eigenvalue weighted by Gasteiger charge is -2.27. The molecule has 1 aliphatic heterocycles. The Morgan fingerprint density at radius 2 is 1.63 bits per heavy atom.